The van der Waals surface area contributed by atoms with Crippen LogP contribution in [0.15, 0.2) is 30.3 Å². The molecular formula is C14H16O7. The van der Waals surface area contributed by atoms with Crippen molar-refractivity contribution in [2.24, 2.45) is 0 Å². The molecule has 7 heteroatoms. The van der Waals surface area contributed by atoms with Crippen LogP contribution in [0.3, 0.4) is 0 Å². The highest BCUT2D eigenvalue weighted by atomic mass is 16.6. The number of aliphatic hydroxyl groups excluding tert-OH is 3. The molecule has 7 nitrogen and oxygen atoms in total. The predicted molar refractivity (Wildman–Crippen MR) is 72.2 cm³/mol. The van der Waals surface area contributed by atoms with Crippen molar-refractivity contribution >= 4 is 18.3 Å². The molecule has 3 atom stereocenters. The normalized spacial score (nSPS) is 15.4. The monoisotopic (exact) mass is 296 g/mol. The maximum atomic E-state index is 11.5. The molecule has 1 rings (SSSR count). The van der Waals surface area contributed by atoms with Gasteiger partial charge in [-0.25, -0.2) is 4.79 Å². The second-order valence-electron chi connectivity index (χ2n) is 4.17. The molecule has 4 N–H and O–H groups in total. The van der Waals surface area contributed by atoms with E-state index in [0.29, 0.717) is 5.56 Å². The molecule has 0 aliphatic rings. The summed E-state index contributed by atoms with van der Waals surface area (Å²) >= 11 is 0. The lowest BCUT2D eigenvalue weighted by molar-refractivity contribution is -0.158. The number of phenols is 1. The third kappa shape index (κ3) is 4.99. The van der Waals surface area contributed by atoms with Crippen LogP contribution < -0.4 is 0 Å². The molecule has 0 heterocycles. The summed E-state index contributed by atoms with van der Waals surface area (Å²) in [5.41, 5.74) is 0.369. The highest BCUT2D eigenvalue weighted by Crippen LogP contribution is 2.17. The molecule has 0 amide bonds. The van der Waals surface area contributed by atoms with Crippen LogP contribution >= 0.6 is 0 Å². The van der Waals surface area contributed by atoms with Gasteiger partial charge in [-0.1, -0.05) is 18.2 Å². The standard InChI is InChI=1S/C14H16O7/c15-7-11(18)14(20)12(8-16)21-13(19)6-5-9-3-1-2-4-10(9)17/h1-6,8,11-12,14-15,17-18,20H,7H2/b6-5+/t11-,12-,14-/m1/s1. The molecule has 21 heavy (non-hydrogen) atoms. The number of esters is 1. The smallest absolute Gasteiger partial charge is 0.331 e. The number of para-hydroxylation sites is 1. The lowest BCUT2D eigenvalue weighted by Gasteiger charge is -2.20. The van der Waals surface area contributed by atoms with Gasteiger partial charge in [0.1, 0.15) is 18.0 Å². The fourth-order valence-electron chi connectivity index (χ4n) is 1.46. The summed E-state index contributed by atoms with van der Waals surface area (Å²) in [5, 5.41) is 36.8. The molecule has 0 fully saturated rings. The number of hydrogen-bond donors (Lipinski definition) is 4. The molecule has 0 unspecified atom stereocenters. The van der Waals surface area contributed by atoms with Crippen molar-refractivity contribution in [3.8, 4) is 5.75 Å². The van der Waals surface area contributed by atoms with Crippen LogP contribution in [-0.4, -0.2) is 57.6 Å². The number of phenolic OH excluding ortho intramolecular Hbond substituents is 1. The minimum absolute atomic E-state index is 0.0378. The zero-order chi connectivity index (χ0) is 15.8. The first-order valence-corrected chi connectivity index (χ1v) is 6.08. The molecular weight excluding hydrogens is 280 g/mol. The first-order valence-electron chi connectivity index (χ1n) is 6.08. The fourth-order valence-corrected chi connectivity index (χ4v) is 1.46. The van der Waals surface area contributed by atoms with E-state index in [1.807, 2.05) is 0 Å². The van der Waals surface area contributed by atoms with Gasteiger partial charge in [0.2, 0.25) is 0 Å². The number of benzene rings is 1. The summed E-state index contributed by atoms with van der Waals surface area (Å²) in [6, 6.07) is 6.25. The Balaban J connectivity index is 2.67. The van der Waals surface area contributed by atoms with Gasteiger partial charge in [0.05, 0.1) is 6.61 Å². The minimum atomic E-state index is -1.73. The molecule has 1 aromatic rings. The molecule has 0 saturated carbocycles. The molecule has 0 radical (unpaired) electrons. The van der Waals surface area contributed by atoms with Gasteiger partial charge in [0.25, 0.3) is 0 Å². The predicted octanol–water partition coefficient (Wildman–Crippen LogP) is -0.770. The Morgan fingerprint density at radius 3 is 2.52 bits per heavy atom. The number of rotatable bonds is 7. The average Bonchev–Trinajstić information content (AvgIpc) is 2.50. The van der Waals surface area contributed by atoms with Gasteiger partial charge in [-0.15, -0.1) is 0 Å². The Morgan fingerprint density at radius 1 is 1.29 bits per heavy atom. The van der Waals surface area contributed by atoms with E-state index < -0.39 is 30.9 Å². The number of carbonyl (C=O) groups excluding carboxylic acids is 2. The van der Waals surface area contributed by atoms with Gasteiger partial charge in [-0.3, -0.25) is 4.79 Å². The van der Waals surface area contributed by atoms with Crippen LogP contribution in [0.4, 0.5) is 0 Å². The van der Waals surface area contributed by atoms with Gasteiger partial charge < -0.3 is 25.2 Å². The number of carbonyl (C=O) groups is 2. The first-order chi connectivity index (χ1) is 9.99. The minimum Gasteiger partial charge on any atom is -0.507 e. The second kappa shape index (κ2) is 8.15. The van der Waals surface area contributed by atoms with E-state index in [4.69, 9.17) is 5.11 Å². The summed E-state index contributed by atoms with van der Waals surface area (Å²) in [5.74, 6) is -0.983. The number of aromatic hydroxyl groups is 1. The van der Waals surface area contributed by atoms with Crippen molar-refractivity contribution < 1.29 is 34.8 Å². The van der Waals surface area contributed by atoms with Crippen molar-refractivity contribution in [2.45, 2.75) is 18.3 Å². The molecule has 0 saturated heterocycles. The van der Waals surface area contributed by atoms with Crippen LogP contribution in [0.1, 0.15) is 5.56 Å². The van der Waals surface area contributed by atoms with Crippen molar-refractivity contribution in [2.75, 3.05) is 6.61 Å². The Bertz CT molecular complexity index is 512. The highest BCUT2D eigenvalue weighted by molar-refractivity contribution is 5.88. The third-order valence-electron chi connectivity index (χ3n) is 2.64. The van der Waals surface area contributed by atoms with Gasteiger partial charge in [0, 0.05) is 11.6 Å². The van der Waals surface area contributed by atoms with E-state index in [-0.39, 0.29) is 12.0 Å². The summed E-state index contributed by atoms with van der Waals surface area (Å²) in [6.07, 6.45) is -2.55. The van der Waals surface area contributed by atoms with E-state index in [1.54, 1.807) is 18.2 Å². The third-order valence-corrected chi connectivity index (χ3v) is 2.64. The van der Waals surface area contributed by atoms with Crippen molar-refractivity contribution in [1.29, 1.82) is 0 Å². The van der Waals surface area contributed by atoms with Crippen LogP contribution in [-0.2, 0) is 14.3 Å². The topological polar surface area (TPSA) is 124 Å². The fraction of sp³-hybridized carbons (Fsp3) is 0.286. The summed E-state index contributed by atoms with van der Waals surface area (Å²) in [7, 11) is 0. The van der Waals surface area contributed by atoms with Gasteiger partial charge in [0.15, 0.2) is 12.4 Å². The van der Waals surface area contributed by atoms with Crippen LogP contribution in [0.2, 0.25) is 0 Å². The molecule has 0 aliphatic heterocycles. The summed E-state index contributed by atoms with van der Waals surface area (Å²) < 4.78 is 4.65. The van der Waals surface area contributed by atoms with Crippen molar-refractivity contribution in [3.05, 3.63) is 35.9 Å². The van der Waals surface area contributed by atoms with E-state index in [9.17, 15) is 24.9 Å². The van der Waals surface area contributed by atoms with E-state index in [1.165, 1.54) is 12.1 Å². The first kappa shape index (κ1) is 16.8. The number of aliphatic hydroxyl groups is 3. The van der Waals surface area contributed by atoms with Crippen LogP contribution in [0.25, 0.3) is 6.08 Å². The summed E-state index contributed by atoms with van der Waals surface area (Å²) in [6.45, 7) is -0.781. The molecule has 0 aliphatic carbocycles. The zero-order valence-corrected chi connectivity index (χ0v) is 11.0. The van der Waals surface area contributed by atoms with Crippen molar-refractivity contribution in [3.63, 3.8) is 0 Å². The number of ether oxygens (including phenoxy) is 1. The Hall–Kier alpha value is -2.22. The lowest BCUT2D eigenvalue weighted by atomic mass is 10.1. The second-order valence-corrected chi connectivity index (χ2v) is 4.17. The van der Waals surface area contributed by atoms with E-state index in [2.05, 4.69) is 4.74 Å². The van der Waals surface area contributed by atoms with Gasteiger partial charge in [-0.05, 0) is 12.1 Å². The Kier molecular flexibility index (Phi) is 6.54. The van der Waals surface area contributed by atoms with E-state index >= 15 is 0 Å². The zero-order valence-electron chi connectivity index (χ0n) is 11.0. The maximum absolute atomic E-state index is 11.5. The summed E-state index contributed by atoms with van der Waals surface area (Å²) in [4.78, 5) is 22.2. The molecule has 114 valence electrons. The maximum Gasteiger partial charge on any atom is 0.331 e. The molecule has 0 spiro atoms. The highest BCUT2D eigenvalue weighted by Gasteiger charge is 2.28. The average molecular weight is 296 g/mol. The largest absolute Gasteiger partial charge is 0.507 e. The van der Waals surface area contributed by atoms with Crippen LogP contribution in [0.5, 0.6) is 5.75 Å². The Morgan fingerprint density at radius 2 is 1.95 bits per heavy atom. The number of hydrogen-bond acceptors (Lipinski definition) is 7. The van der Waals surface area contributed by atoms with E-state index in [0.717, 1.165) is 6.08 Å². The van der Waals surface area contributed by atoms with Crippen molar-refractivity contribution in [1.82, 2.24) is 0 Å². The number of aldehydes is 1. The van der Waals surface area contributed by atoms with Gasteiger partial charge in [-0.2, -0.15) is 0 Å². The van der Waals surface area contributed by atoms with Gasteiger partial charge >= 0.3 is 5.97 Å². The Labute approximate surface area is 120 Å². The molecule has 0 aromatic heterocycles. The SMILES string of the molecule is O=C[C@@H](OC(=O)/C=C/c1ccccc1O)[C@H](O)[C@H](O)CO. The quantitative estimate of drug-likeness (QED) is 0.296. The molecule has 1 aromatic carbocycles. The van der Waals surface area contributed by atoms with Crippen LogP contribution in [0, 0.1) is 0 Å². The molecule has 0 bridgehead atoms. The lowest BCUT2D eigenvalue weighted by Crippen LogP contribution is -2.42.